The van der Waals surface area contributed by atoms with E-state index in [2.05, 4.69) is 21.6 Å². The summed E-state index contributed by atoms with van der Waals surface area (Å²) in [4.78, 5) is 12.3. The van der Waals surface area contributed by atoms with Gasteiger partial charge in [0.1, 0.15) is 12.4 Å². The third kappa shape index (κ3) is 5.29. The Hall–Kier alpha value is -3.00. The molecule has 0 saturated heterocycles. The highest BCUT2D eigenvalue weighted by Crippen LogP contribution is 2.24. The van der Waals surface area contributed by atoms with Gasteiger partial charge in [0, 0.05) is 5.69 Å². The predicted molar refractivity (Wildman–Crippen MR) is 116 cm³/mol. The molecular formula is C21H25N5O2S. The van der Waals surface area contributed by atoms with Gasteiger partial charge in [-0.1, -0.05) is 36.0 Å². The number of ether oxygens (including phenoxy) is 1. The van der Waals surface area contributed by atoms with Crippen LogP contribution in [0.3, 0.4) is 0 Å². The second-order valence-corrected chi connectivity index (χ2v) is 7.93. The largest absolute Gasteiger partial charge is 0.485 e. The molecule has 152 valence electrons. The number of thioether (sulfide) groups is 1. The van der Waals surface area contributed by atoms with Crippen LogP contribution in [-0.4, -0.2) is 26.5 Å². The van der Waals surface area contributed by atoms with E-state index >= 15 is 0 Å². The van der Waals surface area contributed by atoms with Crippen molar-refractivity contribution >= 4 is 23.4 Å². The topological polar surface area (TPSA) is 95.1 Å². The summed E-state index contributed by atoms with van der Waals surface area (Å²) in [6.45, 7) is 8.17. The molecule has 8 heteroatoms. The highest BCUT2D eigenvalue weighted by atomic mass is 32.2. The zero-order valence-corrected chi connectivity index (χ0v) is 17.8. The van der Waals surface area contributed by atoms with Gasteiger partial charge in [-0.3, -0.25) is 4.79 Å². The molecule has 0 saturated carbocycles. The van der Waals surface area contributed by atoms with Crippen molar-refractivity contribution in [1.82, 2.24) is 14.9 Å². The van der Waals surface area contributed by atoms with Crippen LogP contribution in [0.1, 0.15) is 28.1 Å². The van der Waals surface area contributed by atoms with E-state index in [1.54, 1.807) is 0 Å². The van der Waals surface area contributed by atoms with Gasteiger partial charge in [-0.25, -0.2) is 4.68 Å². The Labute approximate surface area is 174 Å². The highest BCUT2D eigenvalue weighted by Gasteiger charge is 2.14. The fourth-order valence-corrected chi connectivity index (χ4v) is 3.72. The molecule has 1 heterocycles. The van der Waals surface area contributed by atoms with Crippen molar-refractivity contribution in [2.75, 3.05) is 16.9 Å². The van der Waals surface area contributed by atoms with Crippen molar-refractivity contribution in [2.45, 2.75) is 39.5 Å². The molecule has 0 aliphatic rings. The van der Waals surface area contributed by atoms with Crippen LogP contribution in [0.25, 0.3) is 0 Å². The highest BCUT2D eigenvalue weighted by molar-refractivity contribution is 7.99. The monoisotopic (exact) mass is 411 g/mol. The average molecular weight is 412 g/mol. The number of para-hydroxylation sites is 1. The molecule has 0 radical (unpaired) electrons. The van der Waals surface area contributed by atoms with Gasteiger partial charge >= 0.3 is 0 Å². The number of hydrogen-bond acceptors (Lipinski definition) is 6. The number of nitrogen functional groups attached to an aromatic ring is 1. The molecule has 0 atom stereocenters. The fourth-order valence-electron chi connectivity index (χ4n) is 3.04. The summed E-state index contributed by atoms with van der Waals surface area (Å²) in [6.07, 6.45) is 0. The third-order valence-electron chi connectivity index (χ3n) is 4.33. The zero-order chi connectivity index (χ0) is 21.0. The smallest absolute Gasteiger partial charge is 0.234 e. The molecular weight excluding hydrogens is 386 g/mol. The molecule has 0 bridgehead atoms. The lowest BCUT2D eigenvalue weighted by molar-refractivity contribution is -0.113. The second-order valence-electron chi connectivity index (χ2n) is 6.99. The summed E-state index contributed by atoms with van der Waals surface area (Å²) < 4.78 is 7.25. The Morgan fingerprint density at radius 3 is 2.41 bits per heavy atom. The van der Waals surface area contributed by atoms with Crippen molar-refractivity contribution in [3.05, 3.63) is 64.5 Å². The zero-order valence-electron chi connectivity index (χ0n) is 17.0. The summed E-state index contributed by atoms with van der Waals surface area (Å²) >= 11 is 1.23. The number of rotatable bonds is 7. The van der Waals surface area contributed by atoms with E-state index in [0.29, 0.717) is 11.0 Å². The number of aromatic nitrogens is 3. The summed E-state index contributed by atoms with van der Waals surface area (Å²) in [5.74, 6) is 7.44. The maximum absolute atomic E-state index is 12.3. The van der Waals surface area contributed by atoms with Crippen molar-refractivity contribution in [1.29, 1.82) is 0 Å². The molecule has 2 aromatic carbocycles. The Balaban J connectivity index is 1.57. The van der Waals surface area contributed by atoms with Crippen LogP contribution in [0.5, 0.6) is 5.75 Å². The number of amides is 1. The lowest BCUT2D eigenvalue weighted by atomic mass is 10.1. The van der Waals surface area contributed by atoms with E-state index in [-0.39, 0.29) is 18.3 Å². The molecule has 29 heavy (non-hydrogen) atoms. The van der Waals surface area contributed by atoms with E-state index in [0.717, 1.165) is 33.7 Å². The van der Waals surface area contributed by atoms with Gasteiger partial charge < -0.3 is 15.9 Å². The fraction of sp³-hybridized carbons (Fsp3) is 0.286. The summed E-state index contributed by atoms with van der Waals surface area (Å²) in [5.41, 5.74) is 5.08. The molecule has 3 aromatic rings. The van der Waals surface area contributed by atoms with Crippen molar-refractivity contribution in [3.8, 4) is 5.75 Å². The second kappa shape index (κ2) is 9.00. The van der Waals surface area contributed by atoms with Crippen LogP contribution in [0, 0.1) is 27.7 Å². The Morgan fingerprint density at radius 2 is 1.76 bits per heavy atom. The van der Waals surface area contributed by atoms with Crippen LogP contribution in [0.4, 0.5) is 5.69 Å². The number of nitrogens with one attached hydrogen (secondary N) is 1. The number of nitrogens with zero attached hydrogens (tertiary/aromatic N) is 3. The van der Waals surface area contributed by atoms with Crippen LogP contribution in [-0.2, 0) is 11.4 Å². The standard InChI is InChI=1S/C21H25N5O2S/c1-13-8-14(2)10-17(9-13)23-19(27)12-29-21-25-24-18(26(21)22)11-28-20-15(3)6-5-7-16(20)4/h5-10H,11-12,22H2,1-4H3,(H,23,27). The number of carbonyl (C=O) groups excluding carboxylic acids is 1. The maximum atomic E-state index is 12.3. The molecule has 7 nitrogen and oxygen atoms in total. The number of aryl methyl sites for hydroxylation is 4. The van der Waals surface area contributed by atoms with Gasteiger partial charge in [0.15, 0.2) is 5.82 Å². The Kier molecular flexibility index (Phi) is 6.43. The third-order valence-corrected chi connectivity index (χ3v) is 5.27. The Morgan fingerprint density at radius 1 is 1.10 bits per heavy atom. The van der Waals surface area contributed by atoms with Gasteiger partial charge in [0.25, 0.3) is 0 Å². The molecule has 0 aliphatic heterocycles. The van der Waals surface area contributed by atoms with Crippen molar-refractivity contribution in [3.63, 3.8) is 0 Å². The van der Waals surface area contributed by atoms with Gasteiger partial charge in [-0.05, 0) is 62.1 Å². The lowest BCUT2D eigenvalue weighted by Crippen LogP contribution is -2.18. The minimum absolute atomic E-state index is 0.128. The van der Waals surface area contributed by atoms with Crippen molar-refractivity contribution in [2.24, 2.45) is 0 Å². The molecule has 0 fully saturated rings. The molecule has 3 N–H and O–H groups in total. The summed E-state index contributed by atoms with van der Waals surface area (Å²) in [6, 6.07) is 11.9. The van der Waals surface area contributed by atoms with Gasteiger partial charge in [-0.2, -0.15) is 0 Å². The van der Waals surface area contributed by atoms with E-state index in [9.17, 15) is 4.79 Å². The molecule has 0 aliphatic carbocycles. The molecule has 3 rings (SSSR count). The van der Waals surface area contributed by atoms with E-state index < -0.39 is 0 Å². The minimum Gasteiger partial charge on any atom is -0.485 e. The molecule has 0 spiro atoms. The van der Waals surface area contributed by atoms with Crippen LogP contribution in [0.15, 0.2) is 41.6 Å². The van der Waals surface area contributed by atoms with Crippen molar-refractivity contribution < 1.29 is 9.53 Å². The van der Waals surface area contributed by atoms with E-state index in [4.69, 9.17) is 10.6 Å². The quantitative estimate of drug-likeness (QED) is 0.456. The lowest BCUT2D eigenvalue weighted by Gasteiger charge is -2.11. The van der Waals surface area contributed by atoms with Gasteiger partial charge in [0.2, 0.25) is 11.1 Å². The first-order valence-electron chi connectivity index (χ1n) is 9.23. The van der Waals surface area contributed by atoms with E-state index in [1.165, 1.54) is 16.4 Å². The average Bonchev–Trinajstić information content (AvgIpc) is 2.98. The minimum atomic E-state index is -0.128. The number of anilines is 1. The maximum Gasteiger partial charge on any atom is 0.234 e. The number of hydrogen-bond donors (Lipinski definition) is 2. The summed E-state index contributed by atoms with van der Waals surface area (Å²) in [5, 5.41) is 11.5. The first kappa shape index (κ1) is 20.7. The number of carbonyl (C=O) groups is 1. The molecule has 1 aromatic heterocycles. The van der Waals surface area contributed by atoms with Gasteiger partial charge in [-0.15, -0.1) is 10.2 Å². The van der Waals surface area contributed by atoms with Gasteiger partial charge in [0.05, 0.1) is 5.75 Å². The Bertz CT molecular complexity index is 991. The molecule has 0 unspecified atom stereocenters. The van der Waals surface area contributed by atoms with Crippen LogP contribution < -0.4 is 15.9 Å². The van der Waals surface area contributed by atoms with E-state index in [1.807, 2.05) is 58.0 Å². The van der Waals surface area contributed by atoms with Crippen LogP contribution >= 0.6 is 11.8 Å². The number of benzene rings is 2. The normalized spacial score (nSPS) is 10.8. The first-order valence-corrected chi connectivity index (χ1v) is 10.2. The summed E-state index contributed by atoms with van der Waals surface area (Å²) in [7, 11) is 0. The predicted octanol–water partition coefficient (Wildman–Crippen LogP) is 3.54. The first-order chi connectivity index (χ1) is 13.8. The van der Waals surface area contributed by atoms with Crippen LogP contribution in [0.2, 0.25) is 0 Å². The number of nitrogens with two attached hydrogens (primary N) is 1. The SMILES string of the molecule is Cc1cc(C)cc(NC(=O)CSc2nnc(COc3c(C)cccc3C)n2N)c1. The molecule has 1 amide bonds.